The minimum atomic E-state index is -0.982. The molecule has 0 saturated carbocycles. The van der Waals surface area contributed by atoms with Gasteiger partial charge >= 0.3 is 0 Å². The molecule has 3 aromatic rings. The maximum atomic E-state index is 12.6. The van der Waals surface area contributed by atoms with E-state index < -0.39 is 23.8 Å². The second kappa shape index (κ2) is 8.39. The number of rotatable bonds is 5. The summed E-state index contributed by atoms with van der Waals surface area (Å²) in [5, 5.41) is 15.2. The third-order valence-electron chi connectivity index (χ3n) is 4.90. The van der Waals surface area contributed by atoms with Gasteiger partial charge in [0.15, 0.2) is 5.82 Å². The molecular formula is C22H22N6O3. The highest BCUT2D eigenvalue weighted by Gasteiger charge is 2.29. The van der Waals surface area contributed by atoms with Gasteiger partial charge < -0.3 is 16.0 Å². The van der Waals surface area contributed by atoms with Crippen LogP contribution in [0.1, 0.15) is 42.4 Å². The molecule has 1 aliphatic rings. The second-order valence-corrected chi connectivity index (χ2v) is 7.59. The van der Waals surface area contributed by atoms with Gasteiger partial charge in [0.2, 0.25) is 11.8 Å². The molecule has 0 spiro atoms. The number of H-pyrrole nitrogens is 1. The van der Waals surface area contributed by atoms with Gasteiger partial charge in [-0.3, -0.25) is 19.5 Å². The van der Waals surface area contributed by atoms with Crippen molar-refractivity contribution in [2.45, 2.75) is 32.2 Å². The normalized spacial score (nSPS) is 15.6. The summed E-state index contributed by atoms with van der Waals surface area (Å²) >= 11 is 0. The SMILES string of the molecule is CC(C)c1nc(-c2cccc(NC(=O)C[C@H]3NC(=O)c4ccccc4NC3=O)c2)n[nH]1. The van der Waals surface area contributed by atoms with Crippen molar-refractivity contribution in [2.24, 2.45) is 0 Å². The third kappa shape index (κ3) is 4.45. The molecule has 1 aliphatic heterocycles. The van der Waals surface area contributed by atoms with E-state index in [1.54, 1.807) is 42.5 Å². The molecule has 4 rings (SSSR count). The Balaban J connectivity index is 1.44. The van der Waals surface area contributed by atoms with Gasteiger partial charge in [-0.2, -0.15) is 5.10 Å². The highest BCUT2D eigenvalue weighted by atomic mass is 16.2. The first-order valence-electron chi connectivity index (χ1n) is 9.94. The van der Waals surface area contributed by atoms with Gasteiger partial charge in [0.1, 0.15) is 11.9 Å². The van der Waals surface area contributed by atoms with Gasteiger partial charge in [-0.15, -0.1) is 0 Å². The van der Waals surface area contributed by atoms with E-state index in [-0.39, 0.29) is 12.3 Å². The smallest absolute Gasteiger partial charge is 0.254 e. The summed E-state index contributed by atoms with van der Waals surface area (Å²) in [5.74, 6) is 0.287. The molecule has 0 radical (unpaired) electrons. The number of carbonyl (C=O) groups excluding carboxylic acids is 3. The number of aromatic nitrogens is 3. The maximum absolute atomic E-state index is 12.6. The predicted molar refractivity (Wildman–Crippen MR) is 115 cm³/mol. The molecule has 1 aromatic heterocycles. The Morgan fingerprint density at radius 1 is 1.13 bits per heavy atom. The molecule has 158 valence electrons. The molecule has 2 heterocycles. The van der Waals surface area contributed by atoms with Gasteiger partial charge in [0.05, 0.1) is 17.7 Å². The van der Waals surface area contributed by atoms with E-state index in [0.29, 0.717) is 22.8 Å². The Labute approximate surface area is 178 Å². The summed E-state index contributed by atoms with van der Waals surface area (Å²) in [4.78, 5) is 41.9. The highest BCUT2D eigenvalue weighted by Crippen LogP contribution is 2.22. The fourth-order valence-electron chi connectivity index (χ4n) is 3.25. The average molecular weight is 418 g/mol. The molecule has 0 aliphatic carbocycles. The van der Waals surface area contributed by atoms with Gasteiger partial charge in [-0.05, 0) is 24.3 Å². The number of anilines is 2. The van der Waals surface area contributed by atoms with Crippen molar-refractivity contribution in [3.05, 3.63) is 59.9 Å². The van der Waals surface area contributed by atoms with Crippen LogP contribution in [0, 0.1) is 0 Å². The standard InChI is InChI=1S/C22H22N6O3/c1-12(2)19-26-20(28-27-19)13-6-5-7-14(10-13)23-18(29)11-17-22(31)24-16-9-4-3-8-15(16)21(30)25-17/h3-10,12,17H,11H2,1-2H3,(H,23,29)(H,24,31)(H,25,30)(H,26,27,28)/t17-/m1/s1. The van der Waals surface area contributed by atoms with Crippen LogP contribution in [0.15, 0.2) is 48.5 Å². The van der Waals surface area contributed by atoms with Crippen LogP contribution in [0.2, 0.25) is 0 Å². The van der Waals surface area contributed by atoms with Crippen molar-refractivity contribution in [3.8, 4) is 11.4 Å². The highest BCUT2D eigenvalue weighted by molar-refractivity contribution is 6.11. The molecule has 31 heavy (non-hydrogen) atoms. The fraction of sp³-hybridized carbons (Fsp3) is 0.227. The minimum Gasteiger partial charge on any atom is -0.340 e. The summed E-state index contributed by atoms with van der Waals surface area (Å²) in [6.07, 6.45) is -0.200. The lowest BCUT2D eigenvalue weighted by Gasteiger charge is -2.14. The Morgan fingerprint density at radius 3 is 2.71 bits per heavy atom. The van der Waals surface area contributed by atoms with Gasteiger partial charge in [-0.25, -0.2) is 4.98 Å². The van der Waals surface area contributed by atoms with Crippen LogP contribution in [-0.2, 0) is 9.59 Å². The van der Waals surface area contributed by atoms with Crippen LogP contribution < -0.4 is 16.0 Å². The fourth-order valence-corrected chi connectivity index (χ4v) is 3.25. The summed E-state index contributed by atoms with van der Waals surface area (Å²) in [7, 11) is 0. The molecule has 4 N–H and O–H groups in total. The first-order valence-corrected chi connectivity index (χ1v) is 9.94. The van der Waals surface area contributed by atoms with Gasteiger partial charge in [0.25, 0.3) is 5.91 Å². The number of nitrogens with zero attached hydrogens (tertiary/aromatic N) is 2. The molecule has 2 aromatic carbocycles. The van der Waals surface area contributed by atoms with Crippen molar-refractivity contribution < 1.29 is 14.4 Å². The zero-order valence-corrected chi connectivity index (χ0v) is 17.1. The number of para-hydroxylation sites is 1. The third-order valence-corrected chi connectivity index (χ3v) is 4.90. The topological polar surface area (TPSA) is 129 Å². The monoisotopic (exact) mass is 418 g/mol. The Hall–Kier alpha value is -4.01. The number of hydrogen-bond acceptors (Lipinski definition) is 5. The molecule has 1 atom stereocenters. The summed E-state index contributed by atoms with van der Waals surface area (Å²) in [6.45, 7) is 4.03. The van der Waals surface area contributed by atoms with Crippen LogP contribution >= 0.6 is 0 Å². The average Bonchev–Trinajstić information content (AvgIpc) is 3.20. The van der Waals surface area contributed by atoms with Crippen molar-refractivity contribution in [3.63, 3.8) is 0 Å². The zero-order chi connectivity index (χ0) is 22.0. The zero-order valence-electron chi connectivity index (χ0n) is 17.1. The maximum Gasteiger partial charge on any atom is 0.254 e. The van der Waals surface area contributed by atoms with Crippen LogP contribution in [0.25, 0.3) is 11.4 Å². The number of amides is 3. The van der Waals surface area contributed by atoms with Crippen LogP contribution in [-0.4, -0.2) is 38.9 Å². The lowest BCUT2D eigenvalue weighted by Crippen LogP contribution is -2.43. The van der Waals surface area contributed by atoms with Crippen LogP contribution in [0.4, 0.5) is 11.4 Å². The summed E-state index contributed by atoms with van der Waals surface area (Å²) in [5.41, 5.74) is 2.07. The summed E-state index contributed by atoms with van der Waals surface area (Å²) in [6, 6.07) is 12.8. The Kier molecular flexibility index (Phi) is 5.48. The molecule has 0 bridgehead atoms. The van der Waals surface area contributed by atoms with Gasteiger partial charge in [0, 0.05) is 17.2 Å². The first-order chi connectivity index (χ1) is 14.9. The van der Waals surface area contributed by atoms with Crippen molar-refractivity contribution in [1.82, 2.24) is 20.5 Å². The minimum absolute atomic E-state index is 0.200. The van der Waals surface area contributed by atoms with Crippen molar-refractivity contribution in [2.75, 3.05) is 10.6 Å². The van der Waals surface area contributed by atoms with E-state index in [2.05, 4.69) is 31.1 Å². The molecule has 0 saturated heterocycles. The molecule has 0 unspecified atom stereocenters. The number of benzene rings is 2. The summed E-state index contributed by atoms with van der Waals surface area (Å²) < 4.78 is 0. The van der Waals surface area contributed by atoms with Crippen molar-refractivity contribution >= 4 is 29.1 Å². The first kappa shape index (κ1) is 20.3. The molecule has 9 nitrogen and oxygen atoms in total. The molecule has 3 amide bonds. The Bertz CT molecular complexity index is 1150. The molecular weight excluding hydrogens is 396 g/mol. The number of nitrogens with one attached hydrogen (secondary N) is 4. The predicted octanol–water partition coefficient (Wildman–Crippen LogP) is 2.67. The number of aromatic amines is 1. The molecule has 9 heteroatoms. The number of fused-ring (bicyclic) bond motifs is 1. The van der Waals surface area contributed by atoms with E-state index in [1.165, 1.54) is 0 Å². The van der Waals surface area contributed by atoms with Crippen molar-refractivity contribution in [1.29, 1.82) is 0 Å². The van der Waals surface area contributed by atoms with E-state index in [9.17, 15) is 14.4 Å². The van der Waals surface area contributed by atoms with E-state index in [1.807, 2.05) is 19.9 Å². The quantitative estimate of drug-likeness (QED) is 0.506. The van der Waals surface area contributed by atoms with Crippen LogP contribution in [0.5, 0.6) is 0 Å². The molecule has 0 fully saturated rings. The lowest BCUT2D eigenvalue weighted by atomic mass is 10.1. The second-order valence-electron chi connectivity index (χ2n) is 7.59. The van der Waals surface area contributed by atoms with Gasteiger partial charge in [-0.1, -0.05) is 38.1 Å². The lowest BCUT2D eigenvalue weighted by molar-refractivity contribution is -0.122. The van der Waals surface area contributed by atoms with E-state index in [4.69, 9.17) is 0 Å². The van der Waals surface area contributed by atoms with Crippen LogP contribution in [0.3, 0.4) is 0 Å². The van der Waals surface area contributed by atoms with E-state index in [0.717, 1.165) is 11.4 Å². The van der Waals surface area contributed by atoms with E-state index >= 15 is 0 Å². The number of hydrogen-bond donors (Lipinski definition) is 4. The number of carbonyl (C=O) groups is 3. The largest absolute Gasteiger partial charge is 0.340 e. The Morgan fingerprint density at radius 2 is 1.94 bits per heavy atom.